The first kappa shape index (κ1) is 17.5. The average Bonchev–Trinajstić information content (AvgIpc) is 3.02. The molecule has 0 radical (unpaired) electrons. The van der Waals surface area contributed by atoms with E-state index in [0.29, 0.717) is 5.75 Å². The number of rotatable bonds is 6. The summed E-state index contributed by atoms with van der Waals surface area (Å²) in [6.07, 6.45) is 3.44. The van der Waals surface area contributed by atoms with Gasteiger partial charge in [0.1, 0.15) is 10.8 Å². The Morgan fingerprint density at radius 3 is 2.80 bits per heavy atom. The van der Waals surface area contributed by atoms with E-state index in [1.165, 1.54) is 30.6 Å². The molecule has 6 nitrogen and oxygen atoms in total. The first-order chi connectivity index (χ1) is 12.0. The topological polar surface area (TPSA) is 81.2 Å². The van der Waals surface area contributed by atoms with Gasteiger partial charge in [-0.05, 0) is 31.2 Å². The van der Waals surface area contributed by atoms with Crippen molar-refractivity contribution in [1.29, 1.82) is 0 Å². The van der Waals surface area contributed by atoms with Crippen molar-refractivity contribution < 1.29 is 13.2 Å². The van der Waals surface area contributed by atoms with Gasteiger partial charge in [0.05, 0.1) is 17.7 Å². The zero-order chi connectivity index (χ0) is 17.9. The second-order valence-corrected chi connectivity index (χ2v) is 8.12. The van der Waals surface area contributed by atoms with Crippen LogP contribution in [0.25, 0.3) is 10.6 Å². The van der Waals surface area contributed by atoms with Gasteiger partial charge in [-0.2, -0.15) is 0 Å². The average molecular weight is 375 g/mol. The second-order valence-electron chi connectivity index (χ2n) is 5.27. The van der Waals surface area contributed by atoms with Gasteiger partial charge in [-0.3, -0.25) is 4.98 Å². The van der Waals surface area contributed by atoms with Crippen LogP contribution in [0.4, 0.5) is 0 Å². The minimum Gasteiger partial charge on any atom is -0.497 e. The van der Waals surface area contributed by atoms with Gasteiger partial charge in [0.25, 0.3) is 0 Å². The van der Waals surface area contributed by atoms with Gasteiger partial charge in [-0.25, -0.2) is 18.1 Å². The summed E-state index contributed by atoms with van der Waals surface area (Å²) >= 11 is 1.45. The van der Waals surface area contributed by atoms with E-state index in [-0.39, 0.29) is 11.4 Å². The molecule has 1 aromatic carbocycles. The number of aryl methyl sites for hydroxylation is 1. The number of hydrogen-bond donors (Lipinski definition) is 1. The molecule has 0 fully saturated rings. The number of sulfonamides is 1. The molecule has 0 spiro atoms. The molecule has 0 aliphatic carbocycles. The lowest BCUT2D eigenvalue weighted by Gasteiger charge is -2.07. The smallest absolute Gasteiger partial charge is 0.241 e. The van der Waals surface area contributed by atoms with Crippen LogP contribution >= 0.6 is 11.3 Å². The summed E-state index contributed by atoms with van der Waals surface area (Å²) in [6.45, 7) is 2.05. The maximum atomic E-state index is 12.5. The third-order valence-corrected chi connectivity index (χ3v) is 6.18. The van der Waals surface area contributed by atoms with Gasteiger partial charge in [0.2, 0.25) is 10.0 Å². The van der Waals surface area contributed by atoms with E-state index < -0.39 is 10.0 Å². The highest BCUT2D eigenvalue weighted by Crippen LogP contribution is 2.27. The van der Waals surface area contributed by atoms with Gasteiger partial charge in [-0.15, -0.1) is 11.3 Å². The molecule has 0 aliphatic heterocycles. The largest absolute Gasteiger partial charge is 0.497 e. The Kier molecular flexibility index (Phi) is 5.12. The van der Waals surface area contributed by atoms with E-state index in [1.54, 1.807) is 24.5 Å². The van der Waals surface area contributed by atoms with Crippen LogP contribution in [-0.2, 0) is 16.6 Å². The number of ether oxygens (including phenoxy) is 1. The molecule has 0 saturated carbocycles. The van der Waals surface area contributed by atoms with Crippen molar-refractivity contribution in [3.05, 3.63) is 59.4 Å². The third-order valence-electron chi connectivity index (χ3n) is 3.58. The predicted octanol–water partition coefficient (Wildman–Crippen LogP) is 3.00. The molecular weight excluding hydrogens is 358 g/mol. The number of nitrogens with zero attached hydrogens (tertiary/aromatic N) is 2. The highest BCUT2D eigenvalue weighted by Gasteiger charge is 2.17. The molecule has 0 amide bonds. The first-order valence-electron chi connectivity index (χ1n) is 7.50. The molecule has 3 aromatic rings. The number of thiazole rings is 1. The minimum absolute atomic E-state index is 0.168. The monoisotopic (exact) mass is 375 g/mol. The maximum Gasteiger partial charge on any atom is 0.241 e. The highest BCUT2D eigenvalue weighted by atomic mass is 32.2. The van der Waals surface area contributed by atoms with E-state index in [0.717, 1.165) is 21.1 Å². The van der Waals surface area contributed by atoms with Gasteiger partial charge in [0.15, 0.2) is 0 Å². The van der Waals surface area contributed by atoms with Crippen LogP contribution in [0.1, 0.15) is 10.6 Å². The Morgan fingerprint density at radius 1 is 1.24 bits per heavy atom. The molecule has 2 aromatic heterocycles. The highest BCUT2D eigenvalue weighted by molar-refractivity contribution is 7.89. The van der Waals surface area contributed by atoms with Crippen LogP contribution in [0.5, 0.6) is 5.75 Å². The normalized spacial score (nSPS) is 11.4. The molecule has 1 N–H and O–H groups in total. The van der Waals surface area contributed by atoms with E-state index >= 15 is 0 Å². The first-order valence-corrected chi connectivity index (χ1v) is 9.80. The summed E-state index contributed by atoms with van der Waals surface area (Å²) in [5.41, 5.74) is 1.72. The van der Waals surface area contributed by atoms with Crippen molar-refractivity contribution in [3.63, 3.8) is 0 Å². The molecule has 0 atom stereocenters. The molecule has 130 valence electrons. The Labute approximate surface area is 150 Å². The van der Waals surface area contributed by atoms with E-state index in [4.69, 9.17) is 4.74 Å². The fourth-order valence-corrected chi connectivity index (χ4v) is 4.33. The fourth-order valence-electron chi connectivity index (χ4n) is 2.22. The van der Waals surface area contributed by atoms with Crippen LogP contribution in [0.2, 0.25) is 0 Å². The molecule has 2 heterocycles. The molecule has 3 rings (SSSR count). The second kappa shape index (κ2) is 7.30. The van der Waals surface area contributed by atoms with Crippen molar-refractivity contribution in [2.24, 2.45) is 0 Å². The standard InChI is InChI=1S/C17H17N3O3S2/c1-12-16(24-17(20-12)13-5-4-8-18-10-13)11-19-25(21,22)15-7-3-6-14(9-15)23-2/h3-10,19H,11H2,1-2H3. The van der Waals surface area contributed by atoms with Gasteiger partial charge in [0, 0.05) is 35.4 Å². The van der Waals surface area contributed by atoms with Crippen molar-refractivity contribution >= 4 is 21.4 Å². The molecule has 0 aliphatic rings. The zero-order valence-electron chi connectivity index (χ0n) is 13.8. The Bertz CT molecular complexity index is 970. The zero-order valence-corrected chi connectivity index (χ0v) is 15.4. The SMILES string of the molecule is COc1cccc(S(=O)(=O)NCc2sc(-c3cccnc3)nc2C)c1. The summed E-state index contributed by atoms with van der Waals surface area (Å²) in [7, 11) is -2.13. The third kappa shape index (κ3) is 4.04. The van der Waals surface area contributed by atoms with Crippen molar-refractivity contribution in [3.8, 4) is 16.3 Å². The lowest BCUT2D eigenvalue weighted by molar-refractivity contribution is 0.413. The summed E-state index contributed by atoms with van der Waals surface area (Å²) in [5.74, 6) is 0.496. The van der Waals surface area contributed by atoms with Gasteiger partial charge in [-0.1, -0.05) is 6.07 Å². The van der Waals surface area contributed by atoms with Gasteiger partial charge >= 0.3 is 0 Å². The summed E-state index contributed by atoms with van der Waals surface area (Å²) in [6, 6.07) is 10.1. The van der Waals surface area contributed by atoms with Crippen LogP contribution in [0.3, 0.4) is 0 Å². The summed E-state index contributed by atoms with van der Waals surface area (Å²) in [5, 5.41) is 0.821. The molecule has 25 heavy (non-hydrogen) atoms. The fraction of sp³-hybridized carbons (Fsp3) is 0.176. The number of pyridine rings is 1. The van der Waals surface area contributed by atoms with E-state index in [2.05, 4.69) is 14.7 Å². The van der Waals surface area contributed by atoms with Crippen LogP contribution < -0.4 is 9.46 Å². The summed E-state index contributed by atoms with van der Waals surface area (Å²) < 4.78 is 32.6. The molecule has 0 saturated heterocycles. The molecule has 0 bridgehead atoms. The number of nitrogens with one attached hydrogen (secondary N) is 1. The predicted molar refractivity (Wildman–Crippen MR) is 97.1 cm³/mol. The molecular formula is C17H17N3O3S2. The molecule has 8 heteroatoms. The quantitative estimate of drug-likeness (QED) is 0.716. The Morgan fingerprint density at radius 2 is 2.08 bits per heavy atom. The Balaban J connectivity index is 1.78. The maximum absolute atomic E-state index is 12.5. The van der Waals surface area contributed by atoms with E-state index in [1.807, 2.05) is 19.1 Å². The van der Waals surface area contributed by atoms with Crippen molar-refractivity contribution in [1.82, 2.24) is 14.7 Å². The number of hydrogen-bond acceptors (Lipinski definition) is 6. The van der Waals surface area contributed by atoms with Crippen LogP contribution in [-0.4, -0.2) is 25.5 Å². The van der Waals surface area contributed by atoms with Gasteiger partial charge < -0.3 is 4.74 Å². The number of benzene rings is 1. The van der Waals surface area contributed by atoms with Crippen molar-refractivity contribution in [2.45, 2.75) is 18.4 Å². The van der Waals surface area contributed by atoms with Crippen molar-refractivity contribution in [2.75, 3.05) is 7.11 Å². The lowest BCUT2D eigenvalue weighted by Crippen LogP contribution is -2.23. The Hall–Kier alpha value is -2.29. The number of methoxy groups -OCH3 is 1. The van der Waals surface area contributed by atoms with Crippen LogP contribution in [0.15, 0.2) is 53.7 Å². The lowest BCUT2D eigenvalue weighted by atomic mass is 10.3. The van der Waals surface area contributed by atoms with E-state index in [9.17, 15) is 8.42 Å². The summed E-state index contributed by atoms with van der Waals surface area (Å²) in [4.78, 5) is 9.62. The number of aromatic nitrogens is 2. The minimum atomic E-state index is -3.63. The molecule has 0 unspecified atom stereocenters. The van der Waals surface area contributed by atoms with Crippen LogP contribution in [0, 0.1) is 6.92 Å².